The maximum atomic E-state index is 13.9. The van der Waals surface area contributed by atoms with E-state index in [1.54, 1.807) is 0 Å². The van der Waals surface area contributed by atoms with Gasteiger partial charge in [0.2, 0.25) is 5.91 Å². The summed E-state index contributed by atoms with van der Waals surface area (Å²) in [6.07, 6.45) is 5.20. The van der Waals surface area contributed by atoms with Crippen molar-refractivity contribution < 1.29 is 18.7 Å². The standard InChI is InChI=1S/C20H20F2N4O2/c21-13-6-5-12(9-14(13)22)26-18-16(20(19(26)28)7-1-2-8-20)17(23-11-3-4-11)24-15(10-27)25-18/h5-6,9,11,27H,1-4,7-8,10H2,(H,23,24,25). The van der Waals surface area contributed by atoms with E-state index in [0.29, 0.717) is 30.5 Å². The number of amides is 1. The molecule has 2 aliphatic carbocycles. The molecule has 1 spiro atoms. The van der Waals surface area contributed by atoms with Crippen molar-refractivity contribution >= 4 is 23.2 Å². The predicted molar refractivity (Wildman–Crippen MR) is 98.2 cm³/mol. The van der Waals surface area contributed by atoms with Gasteiger partial charge in [-0.3, -0.25) is 9.69 Å². The quantitative estimate of drug-likeness (QED) is 0.843. The fourth-order valence-corrected chi connectivity index (χ4v) is 4.42. The lowest BCUT2D eigenvalue weighted by atomic mass is 9.80. The van der Waals surface area contributed by atoms with Crippen LogP contribution in [0.3, 0.4) is 0 Å². The number of rotatable bonds is 4. The Morgan fingerprint density at radius 3 is 2.57 bits per heavy atom. The summed E-state index contributed by atoms with van der Waals surface area (Å²) >= 11 is 0. The zero-order valence-electron chi connectivity index (χ0n) is 15.2. The maximum Gasteiger partial charge on any atom is 0.243 e. The average Bonchev–Trinajstić information content (AvgIpc) is 3.30. The van der Waals surface area contributed by atoms with Gasteiger partial charge in [0.1, 0.15) is 18.2 Å². The molecule has 0 bridgehead atoms. The summed E-state index contributed by atoms with van der Waals surface area (Å²) < 4.78 is 27.4. The fourth-order valence-electron chi connectivity index (χ4n) is 4.42. The number of hydrogen-bond donors (Lipinski definition) is 2. The van der Waals surface area contributed by atoms with Crippen LogP contribution in [-0.4, -0.2) is 27.0 Å². The molecule has 2 saturated carbocycles. The Balaban J connectivity index is 1.73. The highest BCUT2D eigenvalue weighted by Crippen LogP contribution is 2.55. The van der Waals surface area contributed by atoms with E-state index < -0.39 is 17.0 Å². The van der Waals surface area contributed by atoms with Crippen LogP contribution < -0.4 is 10.2 Å². The summed E-state index contributed by atoms with van der Waals surface area (Å²) in [6.45, 7) is -0.376. The summed E-state index contributed by atoms with van der Waals surface area (Å²) in [5, 5.41) is 13.0. The first-order valence-electron chi connectivity index (χ1n) is 9.62. The van der Waals surface area contributed by atoms with E-state index in [1.807, 2.05) is 0 Å². The molecule has 1 aromatic carbocycles. The van der Waals surface area contributed by atoms with Crippen molar-refractivity contribution in [2.75, 3.05) is 10.2 Å². The molecule has 8 heteroatoms. The summed E-state index contributed by atoms with van der Waals surface area (Å²) in [5.41, 5.74) is 0.198. The number of nitrogens with zero attached hydrogens (tertiary/aromatic N) is 3. The lowest BCUT2D eigenvalue weighted by Gasteiger charge is -2.24. The topological polar surface area (TPSA) is 78.4 Å². The summed E-state index contributed by atoms with van der Waals surface area (Å²) in [5.74, 6) is -1.04. The third-order valence-corrected chi connectivity index (χ3v) is 5.92. The number of aliphatic hydroxyl groups is 1. The Bertz CT molecular complexity index is 971. The maximum absolute atomic E-state index is 13.9. The molecule has 2 N–H and O–H groups in total. The molecular weight excluding hydrogens is 366 g/mol. The highest BCUT2D eigenvalue weighted by molar-refractivity contribution is 6.13. The molecule has 0 unspecified atom stereocenters. The molecule has 2 heterocycles. The third-order valence-electron chi connectivity index (χ3n) is 5.92. The normalized spacial score (nSPS) is 20.1. The fraction of sp³-hybridized carbons (Fsp3) is 0.450. The number of hydrogen-bond acceptors (Lipinski definition) is 5. The smallest absolute Gasteiger partial charge is 0.243 e. The molecule has 1 aromatic heterocycles. The molecule has 1 amide bonds. The van der Waals surface area contributed by atoms with Gasteiger partial charge in [-0.15, -0.1) is 0 Å². The average molecular weight is 386 g/mol. The second-order valence-corrected chi connectivity index (χ2v) is 7.79. The molecular formula is C20H20F2N4O2. The Morgan fingerprint density at radius 2 is 1.93 bits per heavy atom. The van der Waals surface area contributed by atoms with E-state index >= 15 is 0 Å². The van der Waals surface area contributed by atoms with E-state index in [0.717, 1.165) is 43.4 Å². The molecule has 6 nitrogen and oxygen atoms in total. The van der Waals surface area contributed by atoms with E-state index in [1.165, 1.54) is 11.0 Å². The molecule has 2 fully saturated rings. The monoisotopic (exact) mass is 386 g/mol. The van der Waals surface area contributed by atoms with Gasteiger partial charge in [0, 0.05) is 12.1 Å². The minimum atomic E-state index is -1.02. The number of benzene rings is 1. The van der Waals surface area contributed by atoms with Gasteiger partial charge in [0.15, 0.2) is 17.5 Å². The molecule has 146 valence electrons. The third kappa shape index (κ3) is 2.51. The van der Waals surface area contributed by atoms with Gasteiger partial charge >= 0.3 is 0 Å². The molecule has 28 heavy (non-hydrogen) atoms. The van der Waals surface area contributed by atoms with Crippen LogP contribution in [0.25, 0.3) is 0 Å². The van der Waals surface area contributed by atoms with Crippen molar-refractivity contribution in [2.24, 2.45) is 0 Å². The highest BCUT2D eigenvalue weighted by Gasteiger charge is 2.55. The van der Waals surface area contributed by atoms with Crippen LogP contribution in [0.15, 0.2) is 18.2 Å². The van der Waals surface area contributed by atoms with Crippen LogP contribution in [0.4, 0.5) is 26.1 Å². The summed E-state index contributed by atoms with van der Waals surface area (Å²) in [7, 11) is 0. The van der Waals surface area contributed by atoms with Crippen molar-refractivity contribution in [2.45, 2.75) is 56.6 Å². The van der Waals surface area contributed by atoms with Gasteiger partial charge in [0.05, 0.1) is 16.7 Å². The van der Waals surface area contributed by atoms with E-state index in [-0.39, 0.29) is 24.0 Å². The van der Waals surface area contributed by atoms with Gasteiger partial charge in [-0.05, 0) is 37.8 Å². The van der Waals surface area contributed by atoms with Crippen LogP contribution in [0.5, 0.6) is 0 Å². The first-order valence-corrected chi connectivity index (χ1v) is 9.62. The van der Waals surface area contributed by atoms with Crippen LogP contribution in [0.1, 0.15) is 49.9 Å². The van der Waals surface area contributed by atoms with Gasteiger partial charge in [-0.1, -0.05) is 12.8 Å². The van der Waals surface area contributed by atoms with Crippen LogP contribution in [-0.2, 0) is 16.8 Å². The van der Waals surface area contributed by atoms with Crippen molar-refractivity contribution in [3.05, 3.63) is 41.2 Å². The minimum Gasteiger partial charge on any atom is -0.388 e. The molecule has 0 saturated heterocycles. The van der Waals surface area contributed by atoms with Crippen LogP contribution in [0, 0.1) is 11.6 Å². The van der Waals surface area contributed by atoms with Gasteiger partial charge in [-0.2, -0.15) is 0 Å². The van der Waals surface area contributed by atoms with Crippen molar-refractivity contribution in [1.29, 1.82) is 0 Å². The van der Waals surface area contributed by atoms with E-state index in [9.17, 15) is 18.7 Å². The number of aromatic nitrogens is 2. The molecule has 2 aromatic rings. The molecule has 0 radical (unpaired) electrons. The Labute approximate surface area is 160 Å². The molecule has 0 atom stereocenters. The van der Waals surface area contributed by atoms with Crippen molar-refractivity contribution in [3.8, 4) is 0 Å². The number of carbonyl (C=O) groups is 1. The van der Waals surface area contributed by atoms with E-state index in [2.05, 4.69) is 15.3 Å². The number of fused-ring (bicyclic) bond motifs is 2. The van der Waals surface area contributed by atoms with Crippen molar-refractivity contribution in [3.63, 3.8) is 0 Å². The van der Waals surface area contributed by atoms with Gasteiger partial charge in [0.25, 0.3) is 0 Å². The lowest BCUT2D eigenvalue weighted by molar-refractivity contribution is -0.122. The first kappa shape index (κ1) is 17.5. The SMILES string of the molecule is O=C1N(c2ccc(F)c(F)c2)c2nc(CO)nc(NC3CC3)c2C12CCCC2. The molecule has 3 aliphatic rings. The van der Waals surface area contributed by atoms with Gasteiger partial charge < -0.3 is 10.4 Å². The summed E-state index contributed by atoms with van der Waals surface area (Å²) in [6, 6.07) is 3.70. The first-order chi connectivity index (χ1) is 13.5. The van der Waals surface area contributed by atoms with Crippen molar-refractivity contribution in [1.82, 2.24) is 9.97 Å². The number of anilines is 3. The number of aliphatic hydroxyl groups excluding tert-OH is 1. The summed E-state index contributed by atoms with van der Waals surface area (Å²) in [4.78, 5) is 23.8. The highest BCUT2D eigenvalue weighted by atomic mass is 19.2. The Hall–Kier alpha value is -2.61. The lowest BCUT2D eigenvalue weighted by Crippen LogP contribution is -2.36. The van der Waals surface area contributed by atoms with Crippen LogP contribution >= 0.6 is 0 Å². The minimum absolute atomic E-state index is 0.186. The second-order valence-electron chi connectivity index (χ2n) is 7.79. The zero-order chi connectivity index (χ0) is 19.5. The zero-order valence-corrected chi connectivity index (χ0v) is 15.2. The van der Waals surface area contributed by atoms with Crippen LogP contribution in [0.2, 0.25) is 0 Å². The second kappa shape index (κ2) is 6.20. The number of nitrogens with one attached hydrogen (secondary N) is 1. The number of carbonyl (C=O) groups excluding carboxylic acids is 1. The Morgan fingerprint density at radius 1 is 1.18 bits per heavy atom. The van der Waals surface area contributed by atoms with E-state index in [4.69, 9.17) is 0 Å². The largest absolute Gasteiger partial charge is 0.388 e. The number of halogens is 2. The predicted octanol–water partition coefficient (Wildman–Crippen LogP) is 3.31. The van der Waals surface area contributed by atoms with Gasteiger partial charge in [-0.25, -0.2) is 18.7 Å². The molecule has 1 aliphatic heterocycles. The Kier molecular flexibility index (Phi) is 3.87. The molecule has 5 rings (SSSR count).